The summed E-state index contributed by atoms with van der Waals surface area (Å²) in [5.41, 5.74) is 0.764. The van der Waals surface area contributed by atoms with Crippen LogP contribution >= 0.6 is 11.8 Å². The number of amides is 1. The van der Waals surface area contributed by atoms with Gasteiger partial charge in [0.25, 0.3) is 0 Å². The molecule has 0 bridgehead atoms. The van der Waals surface area contributed by atoms with E-state index in [9.17, 15) is 9.18 Å². The van der Waals surface area contributed by atoms with Gasteiger partial charge in [0, 0.05) is 11.8 Å². The molecule has 4 rings (SSSR count). The van der Waals surface area contributed by atoms with Crippen molar-refractivity contribution in [1.82, 2.24) is 24.8 Å². The van der Waals surface area contributed by atoms with E-state index in [0.29, 0.717) is 11.0 Å². The van der Waals surface area contributed by atoms with Crippen LogP contribution in [0.25, 0.3) is 5.69 Å². The van der Waals surface area contributed by atoms with Gasteiger partial charge < -0.3 is 9.84 Å². The van der Waals surface area contributed by atoms with Gasteiger partial charge in [0.15, 0.2) is 16.8 Å². The smallest absolute Gasteiger partial charge is 0.236 e. The van der Waals surface area contributed by atoms with E-state index < -0.39 is 0 Å². The summed E-state index contributed by atoms with van der Waals surface area (Å²) in [5, 5.41) is 15.7. The van der Waals surface area contributed by atoms with Gasteiger partial charge in [-0.3, -0.25) is 14.3 Å². The highest BCUT2D eigenvalue weighted by Gasteiger charge is 2.25. The van der Waals surface area contributed by atoms with Crippen molar-refractivity contribution in [3.05, 3.63) is 48.2 Å². The maximum atomic E-state index is 13.5. The Labute approximate surface area is 177 Å². The van der Waals surface area contributed by atoms with Crippen molar-refractivity contribution in [1.29, 1.82) is 0 Å². The molecule has 10 heteroatoms. The van der Waals surface area contributed by atoms with Gasteiger partial charge in [0.1, 0.15) is 12.1 Å². The van der Waals surface area contributed by atoms with Crippen LogP contribution in [0, 0.1) is 5.82 Å². The van der Waals surface area contributed by atoms with Crippen LogP contribution in [-0.4, -0.2) is 49.6 Å². The summed E-state index contributed by atoms with van der Waals surface area (Å²) in [7, 11) is 0. The van der Waals surface area contributed by atoms with Crippen LogP contribution < -0.4 is 5.32 Å². The number of nitrogens with one attached hydrogen (secondary N) is 1. The molecular weight excluding hydrogens is 407 g/mol. The molecule has 1 unspecified atom stereocenters. The third-order valence-corrected chi connectivity index (χ3v) is 6.02. The maximum absolute atomic E-state index is 13.5. The van der Waals surface area contributed by atoms with Gasteiger partial charge in [0.2, 0.25) is 5.91 Å². The molecule has 3 heterocycles. The number of thioether (sulfide) groups is 1. The molecule has 0 spiro atoms. The van der Waals surface area contributed by atoms with E-state index >= 15 is 0 Å². The fourth-order valence-corrected chi connectivity index (χ4v) is 4.29. The number of aromatic nitrogens is 4. The summed E-state index contributed by atoms with van der Waals surface area (Å²) >= 11 is 1.27. The van der Waals surface area contributed by atoms with Crippen LogP contribution in [0.4, 0.5) is 10.2 Å². The lowest BCUT2D eigenvalue weighted by Crippen LogP contribution is -2.33. The average molecular weight is 431 g/mol. The summed E-state index contributed by atoms with van der Waals surface area (Å²) in [6.07, 6.45) is 4.97. The molecule has 0 aliphatic carbocycles. The normalized spacial score (nSPS) is 15.8. The Kier molecular flexibility index (Phi) is 6.44. The third kappa shape index (κ3) is 4.71. The van der Waals surface area contributed by atoms with Crippen LogP contribution in [0.2, 0.25) is 0 Å². The predicted octanol–water partition coefficient (Wildman–Crippen LogP) is 3.67. The molecule has 2 aromatic heterocycles. The van der Waals surface area contributed by atoms with Crippen molar-refractivity contribution in [2.75, 3.05) is 24.2 Å². The second-order valence-electron chi connectivity index (χ2n) is 7.15. The Morgan fingerprint density at radius 3 is 2.67 bits per heavy atom. The van der Waals surface area contributed by atoms with Crippen molar-refractivity contribution in [2.45, 2.75) is 37.4 Å². The van der Waals surface area contributed by atoms with Crippen molar-refractivity contribution in [3.8, 4) is 5.69 Å². The first-order chi connectivity index (χ1) is 14.6. The van der Waals surface area contributed by atoms with Crippen LogP contribution in [-0.2, 0) is 4.79 Å². The van der Waals surface area contributed by atoms with Crippen LogP contribution in [0.5, 0.6) is 0 Å². The molecule has 1 aliphatic heterocycles. The van der Waals surface area contributed by atoms with Crippen molar-refractivity contribution >= 4 is 23.5 Å². The number of nitrogens with zero attached hydrogens (tertiary/aromatic N) is 5. The van der Waals surface area contributed by atoms with E-state index in [2.05, 4.69) is 32.5 Å². The molecule has 0 saturated carbocycles. The van der Waals surface area contributed by atoms with E-state index in [1.807, 2.05) is 4.57 Å². The molecule has 1 atom stereocenters. The molecule has 1 saturated heterocycles. The quantitative estimate of drug-likeness (QED) is 0.572. The minimum atomic E-state index is -0.307. The first-order valence-corrected chi connectivity index (χ1v) is 10.9. The van der Waals surface area contributed by atoms with Crippen LogP contribution in [0.3, 0.4) is 0 Å². The van der Waals surface area contributed by atoms with E-state index in [0.717, 1.165) is 24.6 Å². The van der Waals surface area contributed by atoms with Gasteiger partial charge >= 0.3 is 0 Å². The predicted molar refractivity (Wildman–Crippen MR) is 111 cm³/mol. The Bertz CT molecular complexity index is 970. The van der Waals surface area contributed by atoms with E-state index in [-0.39, 0.29) is 23.5 Å². The number of likely N-dealkylation sites (tertiary alicyclic amines) is 1. The van der Waals surface area contributed by atoms with E-state index in [4.69, 9.17) is 4.52 Å². The molecule has 158 valence electrons. The van der Waals surface area contributed by atoms with Crippen LogP contribution in [0.1, 0.15) is 38.1 Å². The third-order valence-electron chi connectivity index (χ3n) is 5.09. The minimum absolute atomic E-state index is 0.0566. The highest BCUT2D eigenvalue weighted by Crippen LogP contribution is 2.29. The topological polar surface area (TPSA) is 89.1 Å². The Hall–Kier alpha value is -2.72. The monoisotopic (exact) mass is 430 g/mol. The van der Waals surface area contributed by atoms with Gasteiger partial charge in [0.05, 0.1) is 11.8 Å². The first kappa shape index (κ1) is 20.5. The lowest BCUT2D eigenvalue weighted by atomic mass is 10.1. The molecule has 1 aliphatic rings. The minimum Gasteiger partial charge on any atom is -0.363 e. The lowest BCUT2D eigenvalue weighted by Gasteiger charge is -2.31. The zero-order valence-corrected chi connectivity index (χ0v) is 17.4. The highest BCUT2D eigenvalue weighted by molar-refractivity contribution is 7.99. The molecule has 30 heavy (non-hydrogen) atoms. The molecule has 1 aromatic carbocycles. The number of hydrogen-bond acceptors (Lipinski definition) is 7. The maximum Gasteiger partial charge on any atom is 0.236 e. The molecular formula is C20H23FN6O2S. The largest absolute Gasteiger partial charge is 0.363 e. The Morgan fingerprint density at radius 2 is 1.97 bits per heavy atom. The van der Waals surface area contributed by atoms with Crippen LogP contribution in [0.15, 0.2) is 46.3 Å². The van der Waals surface area contributed by atoms with E-state index in [1.54, 1.807) is 18.2 Å². The number of benzene rings is 1. The number of carbonyl (C=O) groups is 1. The van der Waals surface area contributed by atoms with Gasteiger partial charge in [-0.15, -0.1) is 10.2 Å². The highest BCUT2D eigenvalue weighted by atomic mass is 32.2. The van der Waals surface area contributed by atoms with Crippen molar-refractivity contribution in [3.63, 3.8) is 0 Å². The molecule has 1 N–H and O–H groups in total. The van der Waals surface area contributed by atoms with Crippen molar-refractivity contribution < 1.29 is 13.7 Å². The molecule has 1 amide bonds. The molecule has 1 fully saturated rings. The molecule has 3 aromatic rings. The number of rotatable bonds is 7. The summed E-state index contributed by atoms with van der Waals surface area (Å²) in [5.74, 6) is 0.736. The lowest BCUT2D eigenvalue weighted by molar-refractivity contribution is -0.113. The summed E-state index contributed by atoms with van der Waals surface area (Å²) < 4.78 is 20.1. The number of hydrogen-bond donors (Lipinski definition) is 1. The van der Waals surface area contributed by atoms with Gasteiger partial charge in [-0.1, -0.05) is 23.3 Å². The SMILES string of the molecule is CC(c1nnc(SCC(=O)Nc2ccon2)n1-c1ccc(F)cc1)N1CCCCC1. The van der Waals surface area contributed by atoms with Gasteiger partial charge in [-0.05, 0) is 57.1 Å². The number of piperidine rings is 1. The second kappa shape index (κ2) is 9.40. The summed E-state index contributed by atoms with van der Waals surface area (Å²) in [6, 6.07) is 7.85. The fourth-order valence-electron chi connectivity index (χ4n) is 3.53. The van der Waals surface area contributed by atoms with Gasteiger partial charge in [-0.25, -0.2) is 4.39 Å². The first-order valence-electron chi connectivity index (χ1n) is 9.90. The number of halogens is 1. The second-order valence-corrected chi connectivity index (χ2v) is 8.09. The molecule has 8 nitrogen and oxygen atoms in total. The van der Waals surface area contributed by atoms with Gasteiger partial charge in [-0.2, -0.15) is 0 Å². The molecule has 0 radical (unpaired) electrons. The Balaban J connectivity index is 1.57. The summed E-state index contributed by atoms with van der Waals surface area (Å²) in [4.78, 5) is 14.6. The Morgan fingerprint density at radius 1 is 1.20 bits per heavy atom. The average Bonchev–Trinajstić information content (AvgIpc) is 3.43. The number of carbonyl (C=O) groups excluding carboxylic acids is 1. The number of anilines is 1. The fraction of sp³-hybridized carbons (Fsp3) is 0.400. The zero-order chi connectivity index (χ0) is 20.9. The summed E-state index contributed by atoms with van der Waals surface area (Å²) in [6.45, 7) is 4.14. The van der Waals surface area contributed by atoms with E-state index in [1.165, 1.54) is 49.4 Å². The zero-order valence-electron chi connectivity index (χ0n) is 16.6. The standard InChI is InChI=1S/C20H23FN6O2S/c1-14(26-10-3-2-4-11-26)19-23-24-20(27(19)16-7-5-15(21)6-8-16)30-13-18(28)22-17-9-12-29-25-17/h5-9,12,14H,2-4,10-11,13H2,1H3,(H,22,25,28). The van der Waals surface area contributed by atoms with Crippen molar-refractivity contribution in [2.24, 2.45) is 0 Å².